The largest absolute Gasteiger partial charge is 0.385 e. The van der Waals surface area contributed by atoms with Crippen LogP contribution in [0.3, 0.4) is 0 Å². The summed E-state index contributed by atoms with van der Waals surface area (Å²) in [5.74, 6) is 0.566. The molecule has 1 rings (SSSR count). The van der Waals surface area contributed by atoms with E-state index >= 15 is 0 Å². The van der Waals surface area contributed by atoms with E-state index in [4.69, 9.17) is 4.74 Å². The SMILES string of the molecule is COCCC(CBr)c1ccccc1C. The summed E-state index contributed by atoms with van der Waals surface area (Å²) < 4.78 is 5.11. The lowest BCUT2D eigenvalue weighted by atomic mass is 9.94. The van der Waals surface area contributed by atoms with Crippen LogP contribution in [0.25, 0.3) is 0 Å². The summed E-state index contributed by atoms with van der Waals surface area (Å²) in [6.07, 6.45) is 1.08. The van der Waals surface area contributed by atoms with Crippen molar-refractivity contribution in [1.29, 1.82) is 0 Å². The summed E-state index contributed by atoms with van der Waals surface area (Å²) >= 11 is 3.56. The number of aryl methyl sites for hydroxylation is 1. The third kappa shape index (κ3) is 3.10. The van der Waals surface area contributed by atoms with E-state index in [0.717, 1.165) is 18.4 Å². The second kappa shape index (κ2) is 6.20. The van der Waals surface area contributed by atoms with Crippen molar-refractivity contribution in [3.8, 4) is 0 Å². The molecule has 78 valence electrons. The van der Waals surface area contributed by atoms with Crippen LogP contribution in [-0.2, 0) is 4.74 Å². The van der Waals surface area contributed by atoms with Gasteiger partial charge in [-0.3, -0.25) is 0 Å². The number of rotatable bonds is 5. The molecule has 1 aromatic rings. The summed E-state index contributed by atoms with van der Waals surface area (Å²) in [6.45, 7) is 2.99. The summed E-state index contributed by atoms with van der Waals surface area (Å²) in [7, 11) is 1.75. The summed E-state index contributed by atoms with van der Waals surface area (Å²) in [4.78, 5) is 0. The van der Waals surface area contributed by atoms with Crippen molar-refractivity contribution in [2.75, 3.05) is 19.0 Å². The van der Waals surface area contributed by atoms with Gasteiger partial charge in [0.05, 0.1) is 0 Å². The minimum atomic E-state index is 0.566. The Morgan fingerprint density at radius 1 is 1.36 bits per heavy atom. The van der Waals surface area contributed by atoms with E-state index in [1.807, 2.05) is 0 Å². The smallest absolute Gasteiger partial charge is 0.0468 e. The van der Waals surface area contributed by atoms with Crippen molar-refractivity contribution in [3.05, 3.63) is 35.4 Å². The van der Waals surface area contributed by atoms with Crippen LogP contribution >= 0.6 is 15.9 Å². The van der Waals surface area contributed by atoms with Gasteiger partial charge in [0.2, 0.25) is 0 Å². The number of methoxy groups -OCH3 is 1. The van der Waals surface area contributed by atoms with E-state index in [1.165, 1.54) is 11.1 Å². The predicted octanol–water partition coefficient (Wildman–Crippen LogP) is 3.51. The number of hydrogen-bond acceptors (Lipinski definition) is 1. The molecule has 0 spiro atoms. The van der Waals surface area contributed by atoms with E-state index < -0.39 is 0 Å². The molecule has 0 aliphatic rings. The van der Waals surface area contributed by atoms with Crippen LogP contribution in [0.2, 0.25) is 0 Å². The molecule has 0 aliphatic carbocycles. The van der Waals surface area contributed by atoms with E-state index in [9.17, 15) is 0 Å². The van der Waals surface area contributed by atoms with Gasteiger partial charge < -0.3 is 4.74 Å². The van der Waals surface area contributed by atoms with E-state index in [2.05, 4.69) is 47.1 Å². The lowest BCUT2D eigenvalue weighted by molar-refractivity contribution is 0.190. The Morgan fingerprint density at radius 3 is 2.64 bits per heavy atom. The van der Waals surface area contributed by atoms with Crippen molar-refractivity contribution >= 4 is 15.9 Å². The van der Waals surface area contributed by atoms with Crippen LogP contribution in [0, 0.1) is 6.92 Å². The van der Waals surface area contributed by atoms with Crippen molar-refractivity contribution in [2.24, 2.45) is 0 Å². The highest BCUT2D eigenvalue weighted by atomic mass is 79.9. The molecule has 0 saturated carbocycles. The molecule has 0 bridgehead atoms. The molecule has 0 N–H and O–H groups in total. The van der Waals surface area contributed by atoms with Gasteiger partial charge in [-0.2, -0.15) is 0 Å². The third-order valence-electron chi connectivity index (χ3n) is 2.48. The van der Waals surface area contributed by atoms with Crippen molar-refractivity contribution in [2.45, 2.75) is 19.3 Å². The molecule has 0 radical (unpaired) electrons. The molecule has 1 nitrogen and oxygen atoms in total. The fourth-order valence-electron chi connectivity index (χ4n) is 1.62. The highest BCUT2D eigenvalue weighted by molar-refractivity contribution is 9.09. The van der Waals surface area contributed by atoms with E-state index in [-0.39, 0.29) is 0 Å². The third-order valence-corrected chi connectivity index (χ3v) is 3.27. The van der Waals surface area contributed by atoms with Crippen LogP contribution in [-0.4, -0.2) is 19.0 Å². The number of alkyl halides is 1. The van der Waals surface area contributed by atoms with Crippen LogP contribution in [0.15, 0.2) is 24.3 Å². The van der Waals surface area contributed by atoms with Gasteiger partial charge in [0.1, 0.15) is 0 Å². The lowest BCUT2D eigenvalue weighted by Crippen LogP contribution is -2.05. The molecule has 0 aliphatic heterocycles. The Labute approximate surface area is 94.6 Å². The summed E-state index contributed by atoms with van der Waals surface area (Å²) in [6, 6.07) is 8.56. The number of ether oxygens (including phenoxy) is 1. The van der Waals surface area contributed by atoms with E-state index in [1.54, 1.807) is 7.11 Å². The first-order chi connectivity index (χ1) is 6.79. The first kappa shape index (κ1) is 11.7. The summed E-state index contributed by atoms with van der Waals surface area (Å²) in [5.41, 5.74) is 2.80. The van der Waals surface area contributed by atoms with Gasteiger partial charge in [0, 0.05) is 19.0 Å². The molecule has 2 heteroatoms. The van der Waals surface area contributed by atoms with Crippen molar-refractivity contribution in [1.82, 2.24) is 0 Å². The topological polar surface area (TPSA) is 9.23 Å². The van der Waals surface area contributed by atoms with Gasteiger partial charge in [-0.25, -0.2) is 0 Å². The quantitative estimate of drug-likeness (QED) is 0.733. The van der Waals surface area contributed by atoms with Crippen molar-refractivity contribution in [3.63, 3.8) is 0 Å². The van der Waals surface area contributed by atoms with Crippen LogP contribution in [0.4, 0.5) is 0 Å². The van der Waals surface area contributed by atoms with Crippen LogP contribution in [0.1, 0.15) is 23.5 Å². The highest BCUT2D eigenvalue weighted by Crippen LogP contribution is 2.24. The van der Waals surface area contributed by atoms with E-state index in [0.29, 0.717) is 5.92 Å². The average Bonchev–Trinajstić information content (AvgIpc) is 2.21. The molecule has 14 heavy (non-hydrogen) atoms. The second-order valence-electron chi connectivity index (χ2n) is 3.49. The maximum atomic E-state index is 5.11. The highest BCUT2D eigenvalue weighted by Gasteiger charge is 2.11. The maximum absolute atomic E-state index is 5.11. The Morgan fingerprint density at radius 2 is 2.07 bits per heavy atom. The molecule has 0 heterocycles. The van der Waals surface area contributed by atoms with Crippen LogP contribution < -0.4 is 0 Å². The van der Waals surface area contributed by atoms with Gasteiger partial charge in [0.25, 0.3) is 0 Å². The molecular formula is C12H17BrO. The normalized spacial score (nSPS) is 12.8. The monoisotopic (exact) mass is 256 g/mol. The minimum Gasteiger partial charge on any atom is -0.385 e. The Hall–Kier alpha value is -0.340. The molecule has 0 saturated heterocycles. The Balaban J connectivity index is 2.73. The first-order valence-electron chi connectivity index (χ1n) is 4.90. The fraction of sp³-hybridized carbons (Fsp3) is 0.500. The van der Waals surface area contributed by atoms with Gasteiger partial charge in [-0.1, -0.05) is 40.2 Å². The number of benzene rings is 1. The zero-order chi connectivity index (χ0) is 10.4. The molecule has 1 atom stereocenters. The molecule has 1 unspecified atom stereocenters. The van der Waals surface area contributed by atoms with Gasteiger partial charge in [-0.05, 0) is 30.4 Å². The molecule has 0 amide bonds. The zero-order valence-electron chi connectivity index (χ0n) is 8.79. The molecule has 1 aromatic carbocycles. The Bertz CT molecular complexity index is 273. The zero-order valence-corrected chi connectivity index (χ0v) is 10.4. The minimum absolute atomic E-state index is 0.566. The number of hydrogen-bond donors (Lipinski definition) is 0. The molecular weight excluding hydrogens is 240 g/mol. The summed E-state index contributed by atoms with van der Waals surface area (Å²) in [5, 5.41) is 1.00. The molecule has 0 fully saturated rings. The van der Waals surface area contributed by atoms with Gasteiger partial charge in [-0.15, -0.1) is 0 Å². The van der Waals surface area contributed by atoms with Gasteiger partial charge >= 0.3 is 0 Å². The van der Waals surface area contributed by atoms with Gasteiger partial charge in [0.15, 0.2) is 0 Å². The number of halogens is 1. The standard InChI is InChI=1S/C12H17BrO/c1-10-5-3-4-6-12(10)11(9-13)7-8-14-2/h3-6,11H,7-9H2,1-2H3. The fourth-order valence-corrected chi connectivity index (χ4v) is 2.29. The van der Waals surface area contributed by atoms with Crippen LogP contribution in [0.5, 0.6) is 0 Å². The molecule has 0 aromatic heterocycles. The maximum Gasteiger partial charge on any atom is 0.0468 e. The van der Waals surface area contributed by atoms with Crippen molar-refractivity contribution < 1.29 is 4.74 Å². The predicted molar refractivity (Wildman–Crippen MR) is 64.2 cm³/mol. The lowest BCUT2D eigenvalue weighted by Gasteiger charge is -2.16. The average molecular weight is 257 g/mol. The first-order valence-corrected chi connectivity index (χ1v) is 6.02. The Kier molecular flexibility index (Phi) is 5.20. The second-order valence-corrected chi connectivity index (χ2v) is 4.14.